The Morgan fingerprint density at radius 1 is 1.75 bits per heavy atom. The van der Waals surface area contributed by atoms with Gasteiger partial charge < -0.3 is 10.4 Å². The fourth-order valence-corrected chi connectivity index (χ4v) is 1.48. The van der Waals surface area contributed by atoms with Crippen molar-refractivity contribution in [1.29, 1.82) is 0 Å². The Morgan fingerprint density at radius 2 is 2.33 bits per heavy atom. The SMILES string of the molecule is CC(CC(=O)O)(NC=O)C1CC1. The third-order valence-electron chi connectivity index (χ3n) is 2.39. The molecule has 4 nitrogen and oxygen atoms in total. The fraction of sp³-hybridized carbons (Fsp3) is 0.750. The number of nitrogens with one attached hydrogen (secondary N) is 1. The molecule has 0 saturated heterocycles. The molecule has 0 aromatic rings. The molecule has 1 atom stereocenters. The van der Waals surface area contributed by atoms with E-state index in [0.29, 0.717) is 12.3 Å². The molecule has 0 aromatic heterocycles. The van der Waals surface area contributed by atoms with Crippen LogP contribution in [0.2, 0.25) is 0 Å². The summed E-state index contributed by atoms with van der Waals surface area (Å²) in [7, 11) is 0. The van der Waals surface area contributed by atoms with Crippen LogP contribution in [0, 0.1) is 5.92 Å². The smallest absolute Gasteiger partial charge is 0.305 e. The molecule has 1 aliphatic carbocycles. The summed E-state index contributed by atoms with van der Waals surface area (Å²) in [4.78, 5) is 20.7. The molecular formula is C8H13NO3. The predicted octanol–water partition coefficient (Wildman–Crippen LogP) is 0.376. The second-order valence-electron chi connectivity index (χ2n) is 3.52. The van der Waals surface area contributed by atoms with E-state index >= 15 is 0 Å². The topological polar surface area (TPSA) is 66.4 Å². The second kappa shape index (κ2) is 3.13. The molecule has 1 saturated carbocycles. The Kier molecular flexibility index (Phi) is 2.35. The van der Waals surface area contributed by atoms with E-state index in [2.05, 4.69) is 5.32 Å². The van der Waals surface area contributed by atoms with E-state index in [-0.39, 0.29) is 6.42 Å². The first-order valence-corrected chi connectivity index (χ1v) is 4.01. The highest BCUT2D eigenvalue weighted by molar-refractivity contribution is 5.69. The number of carbonyl (C=O) groups excluding carboxylic acids is 1. The minimum atomic E-state index is -0.862. The van der Waals surface area contributed by atoms with Crippen molar-refractivity contribution in [3.05, 3.63) is 0 Å². The molecule has 1 aliphatic rings. The Labute approximate surface area is 71.0 Å². The Balaban J connectivity index is 2.56. The quantitative estimate of drug-likeness (QED) is 0.587. The Hall–Kier alpha value is -1.06. The maximum absolute atomic E-state index is 10.5. The minimum absolute atomic E-state index is 0.0103. The van der Waals surface area contributed by atoms with Crippen LogP contribution in [0.5, 0.6) is 0 Å². The monoisotopic (exact) mass is 171 g/mol. The summed E-state index contributed by atoms with van der Waals surface area (Å²) in [6.45, 7) is 1.78. The van der Waals surface area contributed by atoms with Crippen LogP contribution >= 0.6 is 0 Å². The van der Waals surface area contributed by atoms with Gasteiger partial charge in [0.05, 0.1) is 12.0 Å². The molecule has 1 unspecified atom stereocenters. The van der Waals surface area contributed by atoms with Crippen LogP contribution in [0.15, 0.2) is 0 Å². The maximum Gasteiger partial charge on any atom is 0.305 e. The van der Waals surface area contributed by atoms with Gasteiger partial charge in [-0.25, -0.2) is 0 Å². The van der Waals surface area contributed by atoms with E-state index in [0.717, 1.165) is 12.8 Å². The molecule has 1 fully saturated rings. The highest BCUT2D eigenvalue weighted by Gasteiger charge is 2.42. The first kappa shape index (κ1) is 9.03. The van der Waals surface area contributed by atoms with Crippen LogP contribution in [0.4, 0.5) is 0 Å². The van der Waals surface area contributed by atoms with Crippen LogP contribution in [0.25, 0.3) is 0 Å². The molecule has 0 aliphatic heterocycles. The number of carboxylic acids is 1. The molecule has 68 valence electrons. The first-order chi connectivity index (χ1) is 5.58. The van der Waals surface area contributed by atoms with E-state index in [4.69, 9.17) is 5.11 Å². The van der Waals surface area contributed by atoms with E-state index in [9.17, 15) is 9.59 Å². The van der Waals surface area contributed by atoms with Gasteiger partial charge in [-0.15, -0.1) is 0 Å². The van der Waals surface area contributed by atoms with E-state index < -0.39 is 11.5 Å². The zero-order valence-corrected chi connectivity index (χ0v) is 7.04. The number of hydrogen-bond acceptors (Lipinski definition) is 2. The van der Waals surface area contributed by atoms with Gasteiger partial charge in [-0.3, -0.25) is 9.59 Å². The van der Waals surface area contributed by atoms with Crippen molar-refractivity contribution < 1.29 is 14.7 Å². The van der Waals surface area contributed by atoms with Gasteiger partial charge >= 0.3 is 5.97 Å². The van der Waals surface area contributed by atoms with E-state index in [1.807, 2.05) is 0 Å². The molecule has 0 radical (unpaired) electrons. The lowest BCUT2D eigenvalue weighted by Crippen LogP contribution is -2.45. The summed E-state index contributed by atoms with van der Waals surface area (Å²) >= 11 is 0. The van der Waals surface area contributed by atoms with Crippen LogP contribution in [-0.4, -0.2) is 23.0 Å². The molecule has 0 aromatic carbocycles. The molecule has 1 rings (SSSR count). The average Bonchev–Trinajstić information content (AvgIpc) is 2.65. The van der Waals surface area contributed by atoms with Crippen molar-refractivity contribution in [2.75, 3.05) is 0 Å². The zero-order chi connectivity index (χ0) is 9.19. The third-order valence-corrected chi connectivity index (χ3v) is 2.39. The standard InChI is InChI=1S/C8H13NO3/c1-8(9-5-10,4-7(11)12)6-2-3-6/h5-6H,2-4H2,1H3,(H,9,10)(H,11,12). The Bertz CT molecular complexity index is 200. The number of carbonyl (C=O) groups is 2. The number of aliphatic carboxylic acids is 1. The third kappa shape index (κ3) is 1.96. The molecule has 12 heavy (non-hydrogen) atoms. The van der Waals surface area contributed by atoms with Gasteiger partial charge in [0.2, 0.25) is 6.41 Å². The number of rotatable bonds is 5. The maximum atomic E-state index is 10.5. The van der Waals surface area contributed by atoms with E-state index in [1.54, 1.807) is 6.92 Å². The summed E-state index contributed by atoms with van der Waals surface area (Å²) in [5.74, 6) is -0.516. The molecule has 2 N–H and O–H groups in total. The van der Waals surface area contributed by atoms with E-state index in [1.165, 1.54) is 0 Å². The molecular weight excluding hydrogens is 158 g/mol. The number of hydrogen-bond donors (Lipinski definition) is 2. The molecule has 1 amide bonds. The van der Waals surface area contributed by atoms with Crippen molar-refractivity contribution in [3.63, 3.8) is 0 Å². The minimum Gasteiger partial charge on any atom is -0.481 e. The van der Waals surface area contributed by atoms with Gasteiger partial charge in [-0.2, -0.15) is 0 Å². The Morgan fingerprint density at radius 3 is 2.67 bits per heavy atom. The van der Waals surface area contributed by atoms with Crippen LogP contribution in [0.1, 0.15) is 26.2 Å². The molecule has 0 spiro atoms. The van der Waals surface area contributed by atoms with Crippen molar-refractivity contribution in [3.8, 4) is 0 Å². The average molecular weight is 171 g/mol. The van der Waals surface area contributed by atoms with Gasteiger partial charge in [0, 0.05) is 0 Å². The molecule has 0 heterocycles. The zero-order valence-electron chi connectivity index (χ0n) is 7.04. The second-order valence-corrected chi connectivity index (χ2v) is 3.52. The predicted molar refractivity (Wildman–Crippen MR) is 42.6 cm³/mol. The lowest BCUT2D eigenvalue weighted by molar-refractivity contribution is -0.138. The van der Waals surface area contributed by atoms with Crippen LogP contribution in [0.3, 0.4) is 0 Å². The van der Waals surface area contributed by atoms with Crippen molar-refractivity contribution in [2.24, 2.45) is 5.92 Å². The van der Waals surface area contributed by atoms with Gasteiger partial charge in [0.1, 0.15) is 0 Å². The summed E-state index contributed by atoms with van der Waals surface area (Å²) in [5, 5.41) is 11.2. The summed E-state index contributed by atoms with van der Waals surface area (Å²) in [6, 6.07) is 0. The normalized spacial score (nSPS) is 21.1. The van der Waals surface area contributed by atoms with Crippen LogP contribution < -0.4 is 5.32 Å². The summed E-state index contributed by atoms with van der Waals surface area (Å²) < 4.78 is 0. The lowest BCUT2D eigenvalue weighted by atomic mass is 9.92. The number of amides is 1. The first-order valence-electron chi connectivity index (χ1n) is 4.01. The molecule has 0 bridgehead atoms. The lowest BCUT2D eigenvalue weighted by Gasteiger charge is -2.26. The fourth-order valence-electron chi connectivity index (χ4n) is 1.48. The van der Waals surface area contributed by atoms with Crippen molar-refractivity contribution in [2.45, 2.75) is 31.7 Å². The van der Waals surface area contributed by atoms with Crippen LogP contribution in [-0.2, 0) is 9.59 Å². The summed E-state index contributed by atoms with van der Waals surface area (Å²) in [5.41, 5.74) is -0.534. The van der Waals surface area contributed by atoms with Crippen molar-refractivity contribution >= 4 is 12.4 Å². The van der Waals surface area contributed by atoms with Gasteiger partial charge in [0.25, 0.3) is 0 Å². The summed E-state index contributed by atoms with van der Waals surface area (Å²) in [6.07, 6.45) is 2.63. The number of carboxylic acid groups (broad SMARTS) is 1. The molecule has 4 heteroatoms. The highest BCUT2D eigenvalue weighted by atomic mass is 16.4. The van der Waals surface area contributed by atoms with Gasteiger partial charge in [-0.05, 0) is 25.7 Å². The van der Waals surface area contributed by atoms with Gasteiger partial charge in [-0.1, -0.05) is 0 Å². The largest absolute Gasteiger partial charge is 0.481 e. The van der Waals surface area contributed by atoms with Crippen molar-refractivity contribution in [1.82, 2.24) is 5.32 Å². The van der Waals surface area contributed by atoms with Gasteiger partial charge in [0.15, 0.2) is 0 Å². The highest BCUT2D eigenvalue weighted by Crippen LogP contribution is 2.41.